The summed E-state index contributed by atoms with van der Waals surface area (Å²) < 4.78 is 0. The van der Waals surface area contributed by atoms with Gasteiger partial charge in [-0.2, -0.15) is 5.26 Å². The van der Waals surface area contributed by atoms with E-state index in [0.717, 1.165) is 26.2 Å². The molecule has 1 aromatic rings. The van der Waals surface area contributed by atoms with Crippen LogP contribution >= 0.6 is 0 Å². The summed E-state index contributed by atoms with van der Waals surface area (Å²) in [6, 6.07) is 10.6. The van der Waals surface area contributed by atoms with Crippen LogP contribution in [0, 0.1) is 24.2 Å². The van der Waals surface area contributed by atoms with Crippen molar-refractivity contribution in [3.8, 4) is 6.07 Å². The van der Waals surface area contributed by atoms with Crippen molar-refractivity contribution in [2.75, 3.05) is 37.6 Å². The van der Waals surface area contributed by atoms with E-state index < -0.39 is 5.54 Å². The molecule has 1 aromatic carbocycles. The lowest BCUT2D eigenvalue weighted by atomic mass is 9.90. The number of anilines is 1. The zero-order valence-corrected chi connectivity index (χ0v) is 15.2. The van der Waals surface area contributed by atoms with Gasteiger partial charge < -0.3 is 10.2 Å². The van der Waals surface area contributed by atoms with Crippen molar-refractivity contribution >= 4 is 11.6 Å². The average Bonchev–Trinajstić information content (AvgIpc) is 2.55. The molecule has 0 spiro atoms. The van der Waals surface area contributed by atoms with Crippen LogP contribution in [0.3, 0.4) is 0 Å². The number of nitrogens with zero attached hydrogens (tertiary/aromatic N) is 3. The van der Waals surface area contributed by atoms with E-state index in [1.54, 1.807) is 6.92 Å². The van der Waals surface area contributed by atoms with Gasteiger partial charge in [-0.25, -0.2) is 0 Å². The van der Waals surface area contributed by atoms with Crippen molar-refractivity contribution in [3.05, 3.63) is 29.8 Å². The number of rotatable bonds is 5. The summed E-state index contributed by atoms with van der Waals surface area (Å²) >= 11 is 0. The number of aryl methyl sites for hydroxylation is 1. The van der Waals surface area contributed by atoms with Crippen molar-refractivity contribution in [2.45, 2.75) is 33.2 Å². The standard InChI is InChI=1S/C19H28N4O/c1-15(2)19(4,14-20)21-18(24)13-22-9-11-23(12-10-22)17-8-6-5-7-16(17)3/h5-8,15H,9-13H2,1-4H3,(H,21,24)/t19-/m1/s1. The fraction of sp³-hybridized carbons (Fsp3) is 0.579. The van der Waals surface area contributed by atoms with Gasteiger partial charge in [-0.05, 0) is 31.4 Å². The van der Waals surface area contributed by atoms with Gasteiger partial charge in [0.2, 0.25) is 5.91 Å². The maximum Gasteiger partial charge on any atom is 0.235 e. The van der Waals surface area contributed by atoms with Gasteiger partial charge in [0.1, 0.15) is 5.54 Å². The molecule has 1 atom stereocenters. The number of amides is 1. The number of piperazine rings is 1. The van der Waals surface area contributed by atoms with Crippen LogP contribution in [0.4, 0.5) is 5.69 Å². The lowest BCUT2D eigenvalue weighted by molar-refractivity contribution is -0.124. The number of hydrogen-bond acceptors (Lipinski definition) is 4. The highest BCUT2D eigenvalue weighted by atomic mass is 16.2. The minimum Gasteiger partial charge on any atom is -0.369 e. The molecule has 1 heterocycles. The molecule has 1 fully saturated rings. The Morgan fingerprint density at radius 3 is 2.46 bits per heavy atom. The Bertz CT molecular complexity index is 614. The smallest absolute Gasteiger partial charge is 0.235 e. The minimum atomic E-state index is -0.805. The Labute approximate surface area is 145 Å². The van der Waals surface area contributed by atoms with Crippen LogP contribution in [-0.4, -0.2) is 49.1 Å². The van der Waals surface area contributed by atoms with E-state index in [1.807, 2.05) is 13.8 Å². The number of para-hydroxylation sites is 1. The predicted molar refractivity (Wildman–Crippen MR) is 96.8 cm³/mol. The van der Waals surface area contributed by atoms with Gasteiger partial charge in [0.15, 0.2) is 0 Å². The quantitative estimate of drug-likeness (QED) is 0.900. The first-order chi connectivity index (χ1) is 11.4. The molecule has 0 radical (unpaired) electrons. The summed E-state index contributed by atoms with van der Waals surface area (Å²) in [6.45, 7) is 11.7. The molecule has 1 N–H and O–H groups in total. The van der Waals surface area contributed by atoms with E-state index in [0.29, 0.717) is 6.54 Å². The first kappa shape index (κ1) is 18.3. The SMILES string of the molecule is Cc1ccccc1N1CCN(CC(=O)N[C@](C)(C#N)C(C)C)CC1. The van der Waals surface area contributed by atoms with Crippen LogP contribution in [0.2, 0.25) is 0 Å². The largest absolute Gasteiger partial charge is 0.369 e. The summed E-state index contributed by atoms with van der Waals surface area (Å²) in [7, 11) is 0. The molecule has 0 aliphatic carbocycles. The Morgan fingerprint density at radius 2 is 1.92 bits per heavy atom. The Balaban J connectivity index is 1.86. The van der Waals surface area contributed by atoms with E-state index in [2.05, 4.69) is 52.4 Å². The van der Waals surface area contributed by atoms with Crippen molar-refractivity contribution in [1.29, 1.82) is 5.26 Å². The predicted octanol–water partition coefficient (Wildman–Crippen LogP) is 2.17. The van der Waals surface area contributed by atoms with E-state index >= 15 is 0 Å². The zero-order valence-electron chi connectivity index (χ0n) is 15.2. The van der Waals surface area contributed by atoms with Crippen LogP contribution in [0.5, 0.6) is 0 Å². The van der Waals surface area contributed by atoms with Gasteiger partial charge in [0, 0.05) is 31.9 Å². The maximum atomic E-state index is 12.3. The minimum absolute atomic E-state index is 0.0721. The molecule has 0 unspecified atom stereocenters. The summed E-state index contributed by atoms with van der Waals surface area (Å²) in [6.07, 6.45) is 0. The highest BCUT2D eigenvalue weighted by molar-refractivity contribution is 5.79. The van der Waals surface area contributed by atoms with E-state index in [-0.39, 0.29) is 11.8 Å². The lowest BCUT2D eigenvalue weighted by Crippen LogP contribution is -2.54. The molecule has 5 nitrogen and oxygen atoms in total. The molecular formula is C19H28N4O. The summed E-state index contributed by atoms with van der Waals surface area (Å²) in [5.74, 6) is 0.00134. The van der Waals surface area contributed by atoms with Gasteiger partial charge in [0.05, 0.1) is 12.6 Å². The van der Waals surface area contributed by atoms with E-state index in [1.165, 1.54) is 11.3 Å². The van der Waals surface area contributed by atoms with Gasteiger partial charge in [-0.1, -0.05) is 32.0 Å². The molecule has 2 rings (SSSR count). The van der Waals surface area contributed by atoms with Crippen LogP contribution in [0.25, 0.3) is 0 Å². The monoisotopic (exact) mass is 328 g/mol. The Morgan fingerprint density at radius 1 is 1.29 bits per heavy atom. The second kappa shape index (κ2) is 7.67. The van der Waals surface area contributed by atoms with E-state index in [4.69, 9.17) is 0 Å². The zero-order chi connectivity index (χ0) is 17.7. The number of nitrogens with one attached hydrogen (secondary N) is 1. The number of carbonyl (C=O) groups excluding carboxylic acids is 1. The van der Waals surface area contributed by atoms with Crippen LogP contribution in [0.1, 0.15) is 26.3 Å². The molecule has 0 saturated carbocycles. The fourth-order valence-electron chi connectivity index (χ4n) is 2.90. The average molecular weight is 328 g/mol. The fourth-order valence-corrected chi connectivity index (χ4v) is 2.90. The summed E-state index contributed by atoms with van der Waals surface area (Å²) in [5.41, 5.74) is 1.75. The maximum absolute atomic E-state index is 12.3. The highest BCUT2D eigenvalue weighted by Crippen LogP contribution is 2.21. The molecule has 1 aliphatic rings. The molecule has 1 saturated heterocycles. The summed E-state index contributed by atoms with van der Waals surface area (Å²) in [5, 5.41) is 12.2. The number of benzene rings is 1. The van der Waals surface area contributed by atoms with Gasteiger partial charge >= 0.3 is 0 Å². The van der Waals surface area contributed by atoms with Gasteiger partial charge in [0.25, 0.3) is 0 Å². The van der Waals surface area contributed by atoms with Crippen molar-refractivity contribution in [1.82, 2.24) is 10.2 Å². The number of carbonyl (C=O) groups is 1. The third kappa shape index (κ3) is 4.27. The normalized spacial score (nSPS) is 18.1. The third-order valence-corrected chi connectivity index (χ3v) is 4.98. The van der Waals surface area contributed by atoms with Crippen molar-refractivity contribution in [2.24, 2.45) is 5.92 Å². The molecular weight excluding hydrogens is 300 g/mol. The number of nitriles is 1. The first-order valence-electron chi connectivity index (χ1n) is 8.61. The molecule has 5 heteroatoms. The first-order valence-corrected chi connectivity index (χ1v) is 8.61. The van der Waals surface area contributed by atoms with Gasteiger partial charge in [-0.3, -0.25) is 9.69 Å². The molecule has 1 aliphatic heterocycles. The Hall–Kier alpha value is -2.06. The van der Waals surface area contributed by atoms with E-state index in [9.17, 15) is 10.1 Å². The molecule has 0 aromatic heterocycles. The van der Waals surface area contributed by atoms with Crippen molar-refractivity contribution < 1.29 is 4.79 Å². The number of hydrogen-bond donors (Lipinski definition) is 1. The van der Waals surface area contributed by atoms with Crippen LogP contribution in [-0.2, 0) is 4.79 Å². The molecule has 0 bridgehead atoms. The molecule has 130 valence electrons. The second-order valence-electron chi connectivity index (χ2n) is 7.07. The highest BCUT2D eigenvalue weighted by Gasteiger charge is 2.30. The Kier molecular flexibility index (Phi) is 5.84. The molecule has 24 heavy (non-hydrogen) atoms. The third-order valence-electron chi connectivity index (χ3n) is 4.98. The van der Waals surface area contributed by atoms with Crippen LogP contribution in [0.15, 0.2) is 24.3 Å². The van der Waals surface area contributed by atoms with Gasteiger partial charge in [-0.15, -0.1) is 0 Å². The molecule has 1 amide bonds. The summed E-state index contributed by atoms with van der Waals surface area (Å²) in [4.78, 5) is 16.8. The lowest BCUT2D eigenvalue weighted by Gasteiger charge is -2.37. The van der Waals surface area contributed by atoms with Crippen LogP contribution < -0.4 is 10.2 Å². The topological polar surface area (TPSA) is 59.4 Å². The van der Waals surface area contributed by atoms with Crippen molar-refractivity contribution in [3.63, 3.8) is 0 Å². The second-order valence-corrected chi connectivity index (χ2v) is 7.07.